The second-order valence-electron chi connectivity index (χ2n) is 9.94. The van der Waals surface area contributed by atoms with E-state index in [1.807, 2.05) is 13.8 Å². The topological polar surface area (TPSA) is 103 Å². The Labute approximate surface area is 204 Å². The van der Waals surface area contributed by atoms with Gasteiger partial charge in [-0.2, -0.15) is 0 Å². The molecular formula is C27H32FN3O4. The Bertz CT molecular complexity index is 1320. The molecule has 3 aromatic rings. The number of halogens is 1. The maximum Gasteiger partial charge on any atom is 0.407 e. The van der Waals surface area contributed by atoms with E-state index in [1.165, 1.54) is 18.2 Å². The highest BCUT2D eigenvalue weighted by atomic mass is 19.1. The van der Waals surface area contributed by atoms with E-state index in [1.54, 1.807) is 49.6 Å². The molecule has 0 fully saturated rings. The number of benzene rings is 2. The van der Waals surface area contributed by atoms with E-state index in [0.29, 0.717) is 34.1 Å². The normalized spacial score (nSPS) is 11.6. The minimum atomic E-state index is -0.648. The number of ether oxygens (including phenoxy) is 1. The van der Waals surface area contributed by atoms with Gasteiger partial charge in [-0.15, -0.1) is 0 Å². The zero-order valence-electron chi connectivity index (χ0n) is 20.8. The minimum absolute atomic E-state index is 0.146. The van der Waals surface area contributed by atoms with Crippen LogP contribution in [0.2, 0.25) is 0 Å². The summed E-state index contributed by atoms with van der Waals surface area (Å²) in [5.74, 6) is -0.911. The van der Waals surface area contributed by atoms with Crippen molar-refractivity contribution in [3.05, 3.63) is 69.9 Å². The number of pyridine rings is 1. The first-order chi connectivity index (χ1) is 16.4. The SMILES string of the molecule is CC(C)Cn1c(CCNC(=O)OC(C)(C)C)c(-c2cccc(F)c2)c2cc(C(N)=O)ccc2c1=O. The maximum atomic E-state index is 14.3. The molecule has 0 unspecified atom stereocenters. The molecule has 0 aliphatic rings. The van der Waals surface area contributed by atoms with Crippen molar-refractivity contribution in [3.63, 3.8) is 0 Å². The molecule has 0 aliphatic carbocycles. The quantitative estimate of drug-likeness (QED) is 0.513. The van der Waals surface area contributed by atoms with Gasteiger partial charge >= 0.3 is 6.09 Å². The number of aromatic nitrogens is 1. The number of hydrogen-bond donors (Lipinski definition) is 2. The third-order valence-corrected chi connectivity index (χ3v) is 5.35. The van der Waals surface area contributed by atoms with Gasteiger partial charge in [-0.05, 0) is 68.0 Å². The third kappa shape index (κ3) is 6.26. The second kappa shape index (κ2) is 10.3. The summed E-state index contributed by atoms with van der Waals surface area (Å²) >= 11 is 0. The van der Waals surface area contributed by atoms with Crippen LogP contribution in [0.15, 0.2) is 47.3 Å². The molecule has 0 spiro atoms. The molecule has 35 heavy (non-hydrogen) atoms. The molecule has 0 saturated carbocycles. The first kappa shape index (κ1) is 25.9. The van der Waals surface area contributed by atoms with Gasteiger partial charge in [-0.1, -0.05) is 26.0 Å². The largest absolute Gasteiger partial charge is 0.444 e. The van der Waals surface area contributed by atoms with Crippen molar-refractivity contribution in [1.82, 2.24) is 9.88 Å². The number of nitrogens with two attached hydrogens (primary N) is 1. The average Bonchev–Trinajstić information content (AvgIpc) is 2.74. The highest BCUT2D eigenvalue weighted by Crippen LogP contribution is 2.32. The van der Waals surface area contributed by atoms with Crippen molar-refractivity contribution in [2.75, 3.05) is 6.54 Å². The fourth-order valence-electron chi connectivity index (χ4n) is 4.03. The third-order valence-electron chi connectivity index (χ3n) is 5.35. The van der Waals surface area contributed by atoms with Crippen LogP contribution >= 0.6 is 0 Å². The predicted octanol–water partition coefficient (Wildman–Crippen LogP) is 4.63. The standard InChI is InChI=1S/C27H32FN3O4/c1-16(2)15-31-22(11-12-30-26(34)35-27(3,4)5)23(17-7-6-8-19(28)13-17)21-14-18(24(29)32)9-10-20(21)25(31)33/h6-10,13-14,16H,11-12,15H2,1-5H3,(H2,29,32)(H,30,34). The fourth-order valence-corrected chi connectivity index (χ4v) is 4.03. The molecule has 8 heteroatoms. The van der Waals surface area contributed by atoms with Crippen LogP contribution in [0.1, 0.15) is 50.7 Å². The summed E-state index contributed by atoms with van der Waals surface area (Å²) in [5.41, 5.74) is 6.68. The van der Waals surface area contributed by atoms with Crippen LogP contribution in [-0.4, -0.2) is 28.7 Å². The van der Waals surface area contributed by atoms with Gasteiger partial charge in [0.05, 0.1) is 0 Å². The van der Waals surface area contributed by atoms with E-state index in [2.05, 4.69) is 5.32 Å². The summed E-state index contributed by atoms with van der Waals surface area (Å²) in [6, 6.07) is 10.8. The van der Waals surface area contributed by atoms with E-state index in [4.69, 9.17) is 10.5 Å². The number of hydrogen-bond acceptors (Lipinski definition) is 4. The van der Waals surface area contributed by atoms with Crippen LogP contribution in [0, 0.1) is 11.7 Å². The smallest absolute Gasteiger partial charge is 0.407 e. The molecule has 0 aliphatic heterocycles. The van der Waals surface area contributed by atoms with Gasteiger partial charge in [0.15, 0.2) is 0 Å². The lowest BCUT2D eigenvalue weighted by molar-refractivity contribution is 0.0528. The van der Waals surface area contributed by atoms with Gasteiger partial charge in [0.1, 0.15) is 11.4 Å². The summed E-state index contributed by atoms with van der Waals surface area (Å²) in [7, 11) is 0. The lowest BCUT2D eigenvalue weighted by Crippen LogP contribution is -2.35. The number of primary amides is 1. The Balaban J connectivity index is 2.24. The summed E-state index contributed by atoms with van der Waals surface area (Å²) < 4.78 is 21.3. The Morgan fingerprint density at radius 2 is 1.83 bits per heavy atom. The monoisotopic (exact) mass is 481 g/mol. The van der Waals surface area contributed by atoms with Crippen molar-refractivity contribution >= 4 is 22.8 Å². The highest BCUT2D eigenvalue weighted by molar-refractivity contribution is 6.03. The Kier molecular flexibility index (Phi) is 7.63. The second-order valence-corrected chi connectivity index (χ2v) is 9.94. The van der Waals surface area contributed by atoms with Gasteiger partial charge in [0.2, 0.25) is 5.91 Å². The molecule has 3 N–H and O–H groups in total. The lowest BCUT2D eigenvalue weighted by Gasteiger charge is -2.23. The summed E-state index contributed by atoms with van der Waals surface area (Å²) in [6.07, 6.45) is -0.288. The van der Waals surface area contributed by atoms with Crippen molar-refractivity contribution in [3.8, 4) is 11.1 Å². The molecule has 0 atom stereocenters. The fraction of sp³-hybridized carbons (Fsp3) is 0.370. The van der Waals surface area contributed by atoms with Gasteiger partial charge in [-0.25, -0.2) is 9.18 Å². The van der Waals surface area contributed by atoms with Crippen LogP contribution in [0.4, 0.5) is 9.18 Å². The van der Waals surface area contributed by atoms with Crippen molar-refractivity contribution in [2.45, 2.75) is 53.2 Å². The number of carbonyl (C=O) groups is 2. The Hall–Kier alpha value is -3.68. The van der Waals surface area contributed by atoms with Crippen LogP contribution < -0.4 is 16.6 Å². The van der Waals surface area contributed by atoms with Crippen LogP contribution in [0.25, 0.3) is 21.9 Å². The van der Waals surface area contributed by atoms with E-state index in [9.17, 15) is 18.8 Å². The molecular weight excluding hydrogens is 449 g/mol. The van der Waals surface area contributed by atoms with E-state index in [0.717, 1.165) is 0 Å². The van der Waals surface area contributed by atoms with Gasteiger partial charge in [-0.3, -0.25) is 9.59 Å². The molecule has 1 heterocycles. The molecule has 2 aromatic carbocycles. The van der Waals surface area contributed by atoms with Crippen LogP contribution in [0.3, 0.4) is 0 Å². The molecule has 0 bridgehead atoms. The van der Waals surface area contributed by atoms with Crippen LogP contribution in [0.5, 0.6) is 0 Å². The molecule has 7 nitrogen and oxygen atoms in total. The Morgan fingerprint density at radius 3 is 2.43 bits per heavy atom. The van der Waals surface area contributed by atoms with Crippen molar-refractivity contribution < 1.29 is 18.7 Å². The van der Waals surface area contributed by atoms with Gasteiger partial charge in [0.25, 0.3) is 5.56 Å². The molecule has 186 valence electrons. The van der Waals surface area contributed by atoms with Crippen molar-refractivity contribution in [2.24, 2.45) is 11.7 Å². The minimum Gasteiger partial charge on any atom is -0.444 e. The lowest BCUT2D eigenvalue weighted by atomic mass is 9.93. The number of alkyl carbamates (subject to hydrolysis) is 1. The number of amides is 2. The maximum absolute atomic E-state index is 14.3. The molecule has 0 saturated heterocycles. The number of fused-ring (bicyclic) bond motifs is 1. The van der Waals surface area contributed by atoms with Gasteiger partial charge < -0.3 is 20.4 Å². The Morgan fingerprint density at radius 1 is 1.11 bits per heavy atom. The van der Waals surface area contributed by atoms with Gasteiger partial charge in [0, 0.05) is 41.7 Å². The highest BCUT2D eigenvalue weighted by Gasteiger charge is 2.21. The molecule has 2 amide bonds. The van der Waals surface area contributed by atoms with E-state index < -0.39 is 23.4 Å². The van der Waals surface area contributed by atoms with Crippen molar-refractivity contribution in [1.29, 1.82) is 0 Å². The van der Waals surface area contributed by atoms with Crippen LogP contribution in [-0.2, 0) is 17.7 Å². The predicted molar refractivity (Wildman–Crippen MR) is 135 cm³/mol. The zero-order valence-corrected chi connectivity index (χ0v) is 20.8. The summed E-state index contributed by atoms with van der Waals surface area (Å²) in [6.45, 7) is 9.93. The summed E-state index contributed by atoms with van der Waals surface area (Å²) in [5, 5.41) is 3.64. The first-order valence-corrected chi connectivity index (χ1v) is 11.6. The number of rotatable bonds is 7. The number of carbonyl (C=O) groups excluding carboxylic acids is 2. The van der Waals surface area contributed by atoms with E-state index >= 15 is 0 Å². The molecule has 3 rings (SSSR count). The van der Waals surface area contributed by atoms with E-state index in [-0.39, 0.29) is 30.0 Å². The zero-order chi connectivity index (χ0) is 25.9. The number of nitrogens with zero attached hydrogens (tertiary/aromatic N) is 1. The first-order valence-electron chi connectivity index (χ1n) is 11.6. The average molecular weight is 482 g/mol. The number of nitrogens with one attached hydrogen (secondary N) is 1. The summed E-state index contributed by atoms with van der Waals surface area (Å²) in [4.78, 5) is 37.7. The molecule has 1 aromatic heterocycles. The molecule has 0 radical (unpaired) electrons.